The SMILES string of the molecule is O=C(NC1CNC[C@@H]1c1ccccc1F)OCC1c2ccccc2-c2ccccc21. The van der Waals surface area contributed by atoms with E-state index in [2.05, 4.69) is 34.9 Å². The van der Waals surface area contributed by atoms with Gasteiger partial charge < -0.3 is 15.4 Å². The lowest BCUT2D eigenvalue weighted by atomic mass is 9.94. The summed E-state index contributed by atoms with van der Waals surface area (Å²) in [6.07, 6.45) is -0.466. The Labute approximate surface area is 175 Å². The molecule has 5 rings (SSSR count). The fourth-order valence-corrected chi connectivity index (χ4v) is 4.72. The minimum Gasteiger partial charge on any atom is -0.449 e. The molecule has 0 aromatic heterocycles. The van der Waals surface area contributed by atoms with Gasteiger partial charge in [0.05, 0.1) is 6.04 Å². The van der Waals surface area contributed by atoms with Crippen LogP contribution in [0.1, 0.15) is 28.5 Å². The molecule has 0 bridgehead atoms. The third-order valence-electron chi connectivity index (χ3n) is 6.17. The maximum Gasteiger partial charge on any atom is 0.407 e. The van der Waals surface area contributed by atoms with E-state index in [-0.39, 0.29) is 30.3 Å². The van der Waals surface area contributed by atoms with Gasteiger partial charge in [0.2, 0.25) is 0 Å². The number of halogens is 1. The maximum atomic E-state index is 14.2. The van der Waals surface area contributed by atoms with Gasteiger partial charge in [-0.2, -0.15) is 0 Å². The van der Waals surface area contributed by atoms with Crippen molar-refractivity contribution in [2.75, 3.05) is 19.7 Å². The first kappa shape index (κ1) is 18.8. The third-order valence-corrected chi connectivity index (χ3v) is 6.17. The van der Waals surface area contributed by atoms with Gasteiger partial charge in [-0.15, -0.1) is 0 Å². The molecule has 0 spiro atoms. The molecule has 2 atom stereocenters. The fourth-order valence-electron chi connectivity index (χ4n) is 4.72. The molecule has 4 nitrogen and oxygen atoms in total. The Morgan fingerprint density at radius 3 is 2.17 bits per heavy atom. The number of benzene rings is 3. The number of carbonyl (C=O) groups excluding carboxylic acids is 1. The highest BCUT2D eigenvalue weighted by atomic mass is 19.1. The zero-order valence-corrected chi connectivity index (χ0v) is 16.5. The maximum absolute atomic E-state index is 14.2. The Morgan fingerprint density at radius 2 is 1.50 bits per heavy atom. The summed E-state index contributed by atoms with van der Waals surface area (Å²) in [6.45, 7) is 1.48. The van der Waals surface area contributed by atoms with Crippen LogP contribution in [0.5, 0.6) is 0 Å². The van der Waals surface area contributed by atoms with Gasteiger partial charge in [0.15, 0.2) is 0 Å². The van der Waals surface area contributed by atoms with E-state index in [1.165, 1.54) is 28.3 Å². The molecule has 1 aliphatic carbocycles. The Balaban J connectivity index is 1.27. The average molecular weight is 402 g/mol. The van der Waals surface area contributed by atoms with Crippen molar-refractivity contribution in [3.8, 4) is 11.1 Å². The summed E-state index contributed by atoms with van der Waals surface area (Å²) in [5.74, 6) is -0.343. The number of rotatable bonds is 4. The summed E-state index contributed by atoms with van der Waals surface area (Å²) in [5.41, 5.74) is 5.37. The van der Waals surface area contributed by atoms with E-state index in [1.807, 2.05) is 30.3 Å². The highest BCUT2D eigenvalue weighted by Crippen LogP contribution is 2.44. The molecule has 1 heterocycles. The van der Waals surface area contributed by atoms with E-state index in [1.54, 1.807) is 12.1 Å². The predicted molar refractivity (Wildman–Crippen MR) is 114 cm³/mol. The van der Waals surface area contributed by atoms with Crippen LogP contribution in [-0.4, -0.2) is 31.8 Å². The number of amides is 1. The van der Waals surface area contributed by atoms with Gasteiger partial charge in [0, 0.05) is 24.9 Å². The molecule has 2 N–H and O–H groups in total. The van der Waals surface area contributed by atoms with Crippen LogP contribution in [0.25, 0.3) is 11.1 Å². The van der Waals surface area contributed by atoms with Crippen LogP contribution in [0.15, 0.2) is 72.8 Å². The van der Waals surface area contributed by atoms with Gasteiger partial charge in [0.1, 0.15) is 12.4 Å². The molecule has 1 aliphatic heterocycles. The fraction of sp³-hybridized carbons (Fsp3) is 0.240. The molecule has 3 aromatic rings. The number of fused-ring (bicyclic) bond motifs is 3. The van der Waals surface area contributed by atoms with Crippen molar-refractivity contribution >= 4 is 6.09 Å². The second-order valence-electron chi connectivity index (χ2n) is 7.86. The van der Waals surface area contributed by atoms with Crippen molar-refractivity contribution < 1.29 is 13.9 Å². The number of ether oxygens (including phenoxy) is 1. The molecule has 1 amide bonds. The molecular formula is C25H23FN2O2. The van der Waals surface area contributed by atoms with E-state index in [0.29, 0.717) is 18.7 Å². The van der Waals surface area contributed by atoms with E-state index in [4.69, 9.17) is 4.74 Å². The number of carbonyl (C=O) groups is 1. The minimum absolute atomic E-state index is 0.0206. The van der Waals surface area contributed by atoms with Crippen LogP contribution >= 0.6 is 0 Å². The van der Waals surface area contributed by atoms with Crippen LogP contribution in [0.2, 0.25) is 0 Å². The zero-order valence-electron chi connectivity index (χ0n) is 16.5. The lowest BCUT2D eigenvalue weighted by Crippen LogP contribution is -2.40. The van der Waals surface area contributed by atoms with Gasteiger partial charge in [-0.05, 0) is 33.9 Å². The van der Waals surface area contributed by atoms with E-state index in [0.717, 1.165) is 0 Å². The molecule has 30 heavy (non-hydrogen) atoms. The number of alkyl carbamates (subject to hydrolysis) is 1. The normalized spacial score (nSPS) is 19.9. The van der Waals surface area contributed by atoms with Crippen molar-refractivity contribution in [2.24, 2.45) is 0 Å². The second kappa shape index (κ2) is 7.92. The molecule has 152 valence electrons. The van der Waals surface area contributed by atoms with E-state index >= 15 is 0 Å². The van der Waals surface area contributed by atoms with Crippen molar-refractivity contribution in [3.05, 3.63) is 95.3 Å². The van der Waals surface area contributed by atoms with Crippen LogP contribution in [0, 0.1) is 5.82 Å². The first-order valence-electron chi connectivity index (χ1n) is 10.3. The average Bonchev–Trinajstić information content (AvgIpc) is 3.35. The largest absolute Gasteiger partial charge is 0.449 e. The van der Waals surface area contributed by atoms with Crippen molar-refractivity contribution in [1.82, 2.24) is 10.6 Å². The lowest BCUT2D eigenvalue weighted by molar-refractivity contribution is 0.139. The van der Waals surface area contributed by atoms with Gasteiger partial charge in [-0.1, -0.05) is 66.7 Å². The number of nitrogens with one attached hydrogen (secondary N) is 2. The van der Waals surface area contributed by atoms with Crippen LogP contribution < -0.4 is 10.6 Å². The van der Waals surface area contributed by atoms with Crippen LogP contribution in [0.4, 0.5) is 9.18 Å². The molecule has 2 aliphatic rings. The standard InChI is InChI=1S/C25H23FN2O2/c26-23-12-6-5-11-20(23)21-13-27-14-24(21)28-25(29)30-15-22-18-9-3-1-7-16(18)17-8-2-4-10-19(17)22/h1-12,21-22,24,27H,13-15H2,(H,28,29)/t21-,24?/m1/s1. The molecular weight excluding hydrogens is 379 g/mol. The lowest BCUT2D eigenvalue weighted by Gasteiger charge is -2.21. The Kier molecular flexibility index (Phi) is 4.97. The zero-order chi connectivity index (χ0) is 20.5. The molecule has 1 unspecified atom stereocenters. The summed E-state index contributed by atoms with van der Waals surface area (Å²) in [7, 11) is 0. The highest BCUT2D eigenvalue weighted by molar-refractivity contribution is 5.79. The first-order valence-corrected chi connectivity index (χ1v) is 10.3. The minimum atomic E-state index is -0.466. The summed E-state index contributed by atoms with van der Waals surface area (Å²) in [4.78, 5) is 12.6. The smallest absolute Gasteiger partial charge is 0.407 e. The molecule has 3 aromatic carbocycles. The van der Waals surface area contributed by atoms with Gasteiger partial charge in [0.25, 0.3) is 0 Å². The van der Waals surface area contributed by atoms with Gasteiger partial charge in [-0.25, -0.2) is 9.18 Å². The van der Waals surface area contributed by atoms with E-state index < -0.39 is 6.09 Å². The Bertz CT molecular complexity index is 1040. The van der Waals surface area contributed by atoms with Gasteiger partial charge in [-0.3, -0.25) is 0 Å². The molecule has 0 radical (unpaired) electrons. The van der Waals surface area contributed by atoms with Crippen LogP contribution in [0.3, 0.4) is 0 Å². The molecule has 1 saturated heterocycles. The third kappa shape index (κ3) is 3.35. The second-order valence-corrected chi connectivity index (χ2v) is 7.86. The summed E-state index contributed by atoms with van der Waals surface area (Å²) in [5, 5.41) is 6.18. The van der Waals surface area contributed by atoms with Crippen molar-refractivity contribution in [1.29, 1.82) is 0 Å². The summed E-state index contributed by atoms with van der Waals surface area (Å²) in [6, 6.07) is 23.0. The van der Waals surface area contributed by atoms with Gasteiger partial charge >= 0.3 is 6.09 Å². The Hall–Kier alpha value is -3.18. The van der Waals surface area contributed by atoms with Crippen molar-refractivity contribution in [3.63, 3.8) is 0 Å². The quantitative estimate of drug-likeness (QED) is 0.679. The number of hydrogen-bond donors (Lipinski definition) is 2. The molecule has 0 saturated carbocycles. The monoisotopic (exact) mass is 402 g/mol. The highest BCUT2D eigenvalue weighted by Gasteiger charge is 2.33. The topological polar surface area (TPSA) is 50.4 Å². The van der Waals surface area contributed by atoms with E-state index in [9.17, 15) is 9.18 Å². The summed E-state index contributed by atoms with van der Waals surface area (Å²) >= 11 is 0. The molecule has 5 heteroatoms. The molecule has 1 fully saturated rings. The van der Waals surface area contributed by atoms with Crippen molar-refractivity contribution in [2.45, 2.75) is 17.9 Å². The number of hydrogen-bond acceptors (Lipinski definition) is 3. The Morgan fingerprint density at radius 1 is 0.900 bits per heavy atom. The van der Waals surface area contributed by atoms with Crippen LogP contribution in [-0.2, 0) is 4.74 Å². The predicted octanol–water partition coefficient (Wildman–Crippen LogP) is 4.42. The first-order chi connectivity index (χ1) is 14.7. The summed E-state index contributed by atoms with van der Waals surface area (Å²) < 4.78 is 19.9.